The van der Waals surface area contributed by atoms with E-state index in [4.69, 9.17) is 22.4 Å². The summed E-state index contributed by atoms with van der Waals surface area (Å²) in [6.45, 7) is -0.205. The van der Waals surface area contributed by atoms with E-state index >= 15 is 0 Å². The second-order valence-corrected chi connectivity index (χ2v) is 4.45. The smallest absolute Gasteiger partial charge is 0.261 e. The molecule has 4 N–H and O–H groups in total. The van der Waals surface area contributed by atoms with E-state index in [2.05, 4.69) is 5.32 Å². The molecular weight excluding hydrogens is 240 g/mol. The number of hydrogen-bond acceptors (Lipinski definition) is 4. The van der Waals surface area contributed by atoms with E-state index in [1.54, 1.807) is 12.1 Å². The molecule has 15 heavy (non-hydrogen) atoms. The van der Waals surface area contributed by atoms with Gasteiger partial charge < -0.3 is 16.2 Å². The van der Waals surface area contributed by atoms with Gasteiger partial charge in [0, 0.05) is 0 Å². The van der Waals surface area contributed by atoms with Gasteiger partial charge in [0.2, 0.25) is 5.91 Å². The van der Waals surface area contributed by atoms with Crippen LogP contribution in [0.1, 0.15) is 9.67 Å². The molecule has 82 valence electrons. The van der Waals surface area contributed by atoms with Gasteiger partial charge in [-0.15, -0.1) is 11.3 Å². The Kier molecular flexibility index (Phi) is 4.07. The number of nitrogens with two attached hydrogens (primary N) is 1. The van der Waals surface area contributed by atoms with Crippen molar-refractivity contribution >= 4 is 34.8 Å². The third-order valence-electron chi connectivity index (χ3n) is 1.58. The van der Waals surface area contributed by atoms with Crippen molar-refractivity contribution in [2.45, 2.75) is 6.10 Å². The first-order valence-corrected chi connectivity index (χ1v) is 5.21. The zero-order valence-corrected chi connectivity index (χ0v) is 9.14. The van der Waals surface area contributed by atoms with Crippen LogP contribution in [-0.2, 0) is 4.79 Å². The maximum Gasteiger partial charge on any atom is 0.261 e. The quantitative estimate of drug-likeness (QED) is 0.699. The topological polar surface area (TPSA) is 92.4 Å². The van der Waals surface area contributed by atoms with Gasteiger partial charge in [-0.25, -0.2) is 0 Å². The van der Waals surface area contributed by atoms with Gasteiger partial charge in [-0.1, -0.05) is 11.6 Å². The van der Waals surface area contributed by atoms with Gasteiger partial charge in [-0.2, -0.15) is 0 Å². The van der Waals surface area contributed by atoms with Crippen LogP contribution in [0.2, 0.25) is 4.34 Å². The fraction of sp³-hybridized carbons (Fsp3) is 0.250. The largest absolute Gasteiger partial charge is 0.381 e. The molecule has 1 aromatic rings. The lowest BCUT2D eigenvalue weighted by Gasteiger charge is -2.06. The van der Waals surface area contributed by atoms with Crippen LogP contribution in [0.25, 0.3) is 0 Å². The summed E-state index contributed by atoms with van der Waals surface area (Å²) in [6, 6.07) is 3.14. The van der Waals surface area contributed by atoms with Crippen molar-refractivity contribution in [2.24, 2.45) is 5.73 Å². The fourth-order valence-electron chi connectivity index (χ4n) is 0.813. The number of carbonyl (C=O) groups is 2. The number of hydrogen-bond donors (Lipinski definition) is 3. The molecule has 0 bridgehead atoms. The van der Waals surface area contributed by atoms with Gasteiger partial charge in [0.05, 0.1) is 15.8 Å². The number of aliphatic hydroxyl groups excluding tert-OH is 1. The Morgan fingerprint density at radius 3 is 2.73 bits per heavy atom. The van der Waals surface area contributed by atoms with Gasteiger partial charge in [0.15, 0.2) is 0 Å². The summed E-state index contributed by atoms with van der Waals surface area (Å²) >= 11 is 6.74. The van der Waals surface area contributed by atoms with Crippen LogP contribution in [-0.4, -0.2) is 29.6 Å². The molecule has 0 fully saturated rings. The Morgan fingerprint density at radius 2 is 2.27 bits per heavy atom. The molecule has 2 amide bonds. The van der Waals surface area contributed by atoms with Gasteiger partial charge in [0.1, 0.15) is 6.10 Å². The third-order valence-corrected chi connectivity index (χ3v) is 2.81. The molecule has 0 aromatic carbocycles. The Morgan fingerprint density at radius 1 is 1.60 bits per heavy atom. The van der Waals surface area contributed by atoms with E-state index in [1.165, 1.54) is 0 Å². The van der Waals surface area contributed by atoms with E-state index in [-0.39, 0.29) is 6.54 Å². The average molecular weight is 249 g/mol. The molecule has 1 aromatic heterocycles. The van der Waals surface area contributed by atoms with Gasteiger partial charge >= 0.3 is 0 Å². The standard InChI is InChI=1S/C8H9ClN2O3S/c9-6-2-1-5(15-6)8(14)11-3-4(12)7(10)13/h1-2,4,12H,3H2,(H2,10,13)(H,11,14). The predicted octanol–water partition coefficient (Wildman–Crippen LogP) is -0.0225. The van der Waals surface area contributed by atoms with Crippen molar-refractivity contribution in [3.63, 3.8) is 0 Å². The van der Waals surface area contributed by atoms with Crippen LogP contribution >= 0.6 is 22.9 Å². The van der Waals surface area contributed by atoms with Crippen LogP contribution in [0.15, 0.2) is 12.1 Å². The number of halogens is 1. The van der Waals surface area contributed by atoms with E-state index in [0.717, 1.165) is 11.3 Å². The predicted molar refractivity (Wildman–Crippen MR) is 56.9 cm³/mol. The van der Waals surface area contributed by atoms with Crippen molar-refractivity contribution in [1.29, 1.82) is 0 Å². The highest BCUT2D eigenvalue weighted by molar-refractivity contribution is 7.17. The maximum atomic E-state index is 11.4. The number of primary amides is 1. The summed E-state index contributed by atoms with van der Waals surface area (Å²) in [5.41, 5.74) is 4.81. The number of nitrogens with one attached hydrogen (secondary N) is 1. The molecule has 0 aliphatic rings. The van der Waals surface area contributed by atoms with Crippen LogP contribution < -0.4 is 11.1 Å². The minimum Gasteiger partial charge on any atom is -0.381 e. The lowest BCUT2D eigenvalue weighted by Crippen LogP contribution is -2.39. The summed E-state index contributed by atoms with van der Waals surface area (Å²) in [5, 5.41) is 11.4. The normalized spacial score (nSPS) is 12.1. The zero-order valence-electron chi connectivity index (χ0n) is 7.57. The van der Waals surface area contributed by atoms with Crippen molar-refractivity contribution in [3.05, 3.63) is 21.3 Å². The van der Waals surface area contributed by atoms with Gasteiger partial charge in [-0.05, 0) is 12.1 Å². The molecule has 1 unspecified atom stereocenters. The lowest BCUT2D eigenvalue weighted by atomic mass is 10.3. The van der Waals surface area contributed by atoms with E-state index < -0.39 is 17.9 Å². The van der Waals surface area contributed by atoms with Crippen molar-refractivity contribution in [1.82, 2.24) is 5.32 Å². The molecule has 0 saturated carbocycles. The number of rotatable bonds is 4. The highest BCUT2D eigenvalue weighted by atomic mass is 35.5. The SMILES string of the molecule is NC(=O)C(O)CNC(=O)c1ccc(Cl)s1. The van der Waals surface area contributed by atoms with Crippen LogP contribution in [0.5, 0.6) is 0 Å². The molecule has 5 nitrogen and oxygen atoms in total. The summed E-state index contributed by atoms with van der Waals surface area (Å²) in [4.78, 5) is 22.2. The molecule has 0 radical (unpaired) electrons. The van der Waals surface area contributed by atoms with E-state index in [9.17, 15) is 9.59 Å². The maximum absolute atomic E-state index is 11.4. The summed E-state index contributed by atoms with van der Waals surface area (Å²) < 4.78 is 0.496. The van der Waals surface area contributed by atoms with E-state index in [0.29, 0.717) is 9.21 Å². The Bertz CT molecular complexity index is 380. The molecule has 1 heterocycles. The molecule has 0 aliphatic carbocycles. The molecule has 0 aliphatic heterocycles. The molecule has 1 atom stereocenters. The molecule has 0 spiro atoms. The number of aliphatic hydroxyl groups is 1. The number of thiophene rings is 1. The zero-order chi connectivity index (χ0) is 11.4. The fourth-order valence-corrected chi connectivity index (χ4v) is 1.77. The first kappa shape index (κ1) is 12.0. The monoisotopic (exact) mass is 248 g/mol. The Hall–Kier alpha value is -1.11. The highest BCUT2D eigenvalue weighted by Gasteiger charge is 2.14. The summed E-state index contributed by atoms with van der Waals surface area (Å²) in [7, 11) is 0. The average Bonchev–Trinajstić information content (AvgIpc) is 2.60. The number of amides is 2. The first-order chi connectivity index (χ1) is 7.00. The first-order valence-electron chi connectivity index (χ1n) is 4.01. The van der Waals surface area contributed by atoms with Gasteiger partial charge in [-0.3, -0.25) is 9.59 Å². The van der Waals surface area contributed by atoms with Crippen LogP contribution in [0.3, 0.4) is 0 Å². The Balaban J connectivity index is 2.47. The second-order valence-electron chi connectivity index (χ2n) is 2.73. The minimum absolute atomic E-state index is 0.205. The summed E-state index contributed by atoms with van der Waals surface area (Å²) in [6.07, 6.45) is -1.37. The Labute approximate surface area is 94.8 Å². The van der Waals surface area contributed by atoms with Crippen LogP contribution in [0.4, 0.5) is 0 Å². The van der Waals surface area contributed by atoms with Crippen molar-refractivity contribution < 1.29 is 14.7 Å². The molecular formula is C8H9ClN2O3S. The van der Waals surface area contributed by atoms with E-state index in [1.807, 2.05) is 0 Å². The summed E-state index contributed by atoms with van der Waals surface area (Å²) in [5.74, 6) is -1.27. The second kappa shape index (κ2) is 5.11. The minimum atomic E-state index is -1.37. The van der Waals surface area contributed by atoms with Crippen LogP contribution in [0, 0.1) is 0 Å². The number of carbonyl (C=O) groups excluding carboxylic acids is 2. The molecule has 0 saturated heterocycles. The lowest BCUT2D eigenvalue weighted by molar-refractivity contribution is -0.125. The van der Waals surface area contributed by atoms with Crippen molar-refractivity contribution in [2.75, 3.05) is 6.54 Å². The van der Waals surface area contributed by atoms with Crippen molar-refractivity contribution in [3.8, 4) is 0 Å². The third kappa shape index (κ3) is 3.50. The molecule has 1 rings (SSSR count). The molecule has 7 heteroatoms. The highest BCUT2D eigenvalue weighted by Crippen LogP contribution is 2.20. The van der Waals surface area contributed by atoms with Gasteiger partial charge in [0.25, 0.3) is 5.91 Å².